The van der Waals surface area contributed by atoms with E-state index < -0.39 is 0 Å². The van der Waals surface area contributed by atoms with E-state index in [1.54, 1.807) is 0 Å². The fourth-order valence-electron chi connectivity index (χ4n) is 1.47. The van der Waals surface area contributed by atoms with Crippen molar-refractivity contribution in [3.63, 3.8) is 0 Å². The molecule has 0 heterocycles. The first-order chi connectivity index (χ1) is 6.65. The molecule has 1 unspecified atom stereocenters. The van der Waals surface area contributed by atoms with E-state index in [1.165, 1.54) is 0 Å². The summed E-state index contributed by atoms with van der Waals surface area (Å²) in [5.41, 5.74) is 6.86. The number of esters is 1. The van der Waals surface area contributed by atoms with Crippen LogP contribution in [0.1, 0.15) is 26.2 Å². The number of ether oxygens (including phenoxy) is 1. The van der Waals surface area contributed by atoms with Crippen LogP contribution >= 0.6 is 15.9 Å². The van der Waals surface area contributed by atoms with Crippen molar-refractivity contribution in [3.05, 3.63) is 11.6 Å². The molecular weight excluding hydrogens is 246 g/mol. The van der Waals surface area contributed by atoms with Crippen LogP contribution in [0.5, 0.6) is 0 Å². The number of halogens is 1. The summed E-state index contributed by atoms with van der Waals surface area (Å²) in [6.07, 6.45) is 4.74. The van der Waals surface area contributed by atoms with Crippen LogP contribution in [-0.4, -0.2) is 23.4 Å². The van der Waals surface area contributed by atoms with Gasteiger partial charge < -0.3 is 10.5 Å². The Kier molecular flexibility index (Phi) is 4.62. The number of rotatable bonds is 3. The summed E-state index contributed by atoms with van der Waals surface area (Å²) in [5, 5.41) is 0. The van der Waals surface area contributed by atoms with Gasteiger partial charge in [-0.05, 0) is 31.8 Å². The van der Waals surface area contributed by atoms with Gasteiger partial charge in [0.25, 0.3) is 0 Å². The van der Waals surface area contributed by atoms with Crippen LogP contribution in [0, 0.1) is 0 Å². The van der Waals surface area contributed by atoms with Crippen molar-refractivity contribution in [1.29, 1.82) is 0 Å². The summed E-state index contributed by atoms with van der Waals surface area (Å²) in [5.74, 6) is -0.200. The van der Waals surface area contributed by atoms with Crippen molar-refractivity contribution < 1.29 is 9.53 Å². The molecule has 4 heteroatoms. The van der Waals surface area contributed by atoms with Gasteiger partial charge in [-0.15, -0.1) is 0 Å². The number of nitrogens with two attached hydrogens (primary N) is 1. The maximum absolute atomic E-state index is 11.4. The van der Waals surface area contributed by atoms with Crippen LogP contribution in [0.4, 0.5) is 0 Å². The summed E-state index contributed by atoms with van der Waals surface area (Å²) < 4.78 is 4.93. The number of alkyl halides is 1. The van der Waals surface area contributed by atoms with Crippen molar-refractivity contribution in [2.45, 2.75) is 37.1 Å². The molecule has 0 bridgehead atoms. The predicted molar refractivity (Wildman–Crippen MR) is 59.3 cm³/mol. The molecule has 1 rings (SSSR count). The van der Waals surface area contributed by atoms with E-state index in [2.05, 4.69) is 15.9 Å². The molecule has 0 saturated carbocycles. The van der Waals surface area contributed by atoms with Crippen molar-refractivity contribution in [2.24, 2.45) is 5.73 Å². The number of carbonyl (C=O) groups is 1. The molecule has 0 amide bonds. The molecule has 0 fully saturated rings. The molecule has 1 aliphatic carbocycles. The van der Waals surface area contributed by atoms with E-state index >= 15 is 0 Å². The fraction of sp³-hybridized carbons (Fsp3) is 0.700. The highest BCUT2D eigenvalue weighted by Gasteiger charge is 2.23. The summed E-state index contributed by atoms with van der Waals surface area (Å²) in [6.45, 7) is 2.23. The maximum Gasteiger partial charge on any atom is 0.323 e. The second-order valence-electron chi connectivity index (χ2n) is 3.43. The zero-order valence-electron chi connectivity index (χ0n) is 8.33. The van der Waals surface area contributed by atoms with Gasteiger partial charge in [-0.3, -0.25) is 4.79 Å². The van der Waals surface area contributed by atoms with Crippen molar-refractivity contribution in [1.82, 2.24) is 0 Å². The predicted octanol–water partition coefficient (Wildman–Crippen LogP) is 1.75. The molecular formula is C10H16BrNO2. The molecule has 0 aromatic heterocycles. The monoisotopic (exact) mass is 261 g/mol. The van der Waals surface area contributed by atoms with E-state index in [0.717, 1.165) is 24.8 Å². The van der Waals surface area contributed by atoms with Crippen LogP contribution in [0.2, 0.25) is 0 Å². The van der Waals surface area contributed by atoms with Gasteiger partial charge in [0.2, 0.25) is 0 Å². The van der Waals surface area contributed by atoms with E-state index in [-0.39, 0.29) is 16.8 Å². The average Bonchev–Trinajstić information content (AvgIpc) is 2.18. The number of hydrogen-bond donors (Lipinski definition) is 1. The molecule has 80 valence electrons. The van der Waals surface area contributed by atoms with Gasteiger partial charge in [0.05, 0.1) is 6.61 Å². The van der Waals surface area contributed by atoms with Crippen LogP contribution in [0.25, 0.3) is 0 Å². The van der Waals surface area contributed by atoms with Gasteiger partial charge in [0.1, 0.15) is 4.83 Å². The van der Waals surface area contributed by atoms with Crippen molar-refractivity contribution in [2.75, 3.05) is 6.61 Å². The molecule has 0 aromatic rings. The first-order valence-electron chi connectivity index (χ1n) is 4.90. The largest absolute Gasteiger partial charge is 0.465 e. The molecule has 0 radical (unpaired) electrons. The molecule has 14 heavy (non-hydrogen) atoms. The van der Waals surface area contributed by atoms with Crippen LogP contribution in [0.3, 0.4) is 0 Å². The lowest BCUT2D eigenvalue weighted by atomic mass is 9.94. The highest BCUT2D eigenvalue weighted by Crippen LogP contribution is 2.25. The third-order valence-corrected chi connectivity index (χ3v) is 3.27. The Bertz CT molecular complexity index is 240. The molecule has 0 saturated heterocycles. The molecule has 0 spiro atoms. The summed E-state index contributed by atoms with van der Waals surface area (Å²) in [4.78, 5) is 11.1. The normalized spacial score (nSPS) is 23.9. The SMILES string of the molecule is CCOC(=O)C(Br)C1=CC[C@H](N)CC1. The Hall–Kier alpha value is -0.350. The number of carbonyl (C=O) groups excluding carboxylic acids is 1. The van der Waals surface area contributed by atoms with Crippen LogP contribution in [-0.2, 0) is 9.53 Å². The van der Waals surface area contributed by atoms with Gasteiger partial charge in [0.15, 0.2) is 0 Å². The first-order valence-corrected chi connectivity index (χ1v) is 5.82. The number of hydrogen-bond acceptors (Lipinski definition) is 3. The van der Waals surface area contributed by atoms with Crippen LogP contribution < -0.4 is 5.73 Å². The Balaban J connectivity index is 2.52. The lowest BCUT2D eigenvalue weighted by molar-refractivity contribution is -0.141. The van der Waals surface area contributed by atoms with Crippen molar-refractivity contribution in [3.8, 4) is 0 Å². The quantitative estimate of drug-likeness (QED) is 0.479. The molecule has 3 nitrogen and oxygen atoms in total. The third-order valence-electron chi connectivity index (χ3n) is 2.31. The van der Waals surface area contributed by atoms with E-state index in [0.29, 0.717) is 6.61 Å². The standard InChI is InChI=1S/C10H16BrNO2/c1-2-14-10(13)9(11)7-3-5-8(12)6-4-7/h3,8-9H,2,4-6,12H2,1H3/t8-,9?/m0/s1. The van der Waals surface area contributed by atoms with Crippen molar-refractivity contribution >= 4 is 21.9 Å². The zero-order valence-corrected chi connectivity index (χ0v) is 9.92. The first kappa shape index (κ1) is 11.7. The molecule has 0 aromatic carbocycles. The lowest BCUT2D eigenvalue weighted by Crippen LogP contribution is -2.26. The molecule has 1 aliphatic rings. The minimum atomic E-state index is -0.282. The van der Waals surface area contributed by atoms with Gasteiger partial charge in [0, 0.05) is 6.04 Å². The summed E-state index contributed by atoms with van der Waals surface area (Å²) >= 11 is 3.34. The Morgan fingerprint density at radius 2 is 2.57 bits per heavy atom. The maximum atomic E-state index is 11.4. The lowest BCUT2D eigenvalue weighted by Gasteiger charge is -2.20. The fourth-order valence-corrected chi connectivity index (χ4v) is 2.02. The summed E-state index contributed by atoms with van der Waals surface area (Å²) in [7, 11) is 0. The van der Waals surface area contributed by atoms with E-state index in [9.17, 15) is 4.79 Å². The van der Waals surface area contributed by atoms with Gasteiger partial charge in [-0.25, -0.2) is 0 Å². The summed E-state index contributed by atoms with van der Waals surface area (Å²) in [6, 6.07) is 0.251. The molecule has 0 aliphatic heterocycles. The second-order valence-corrected chi connectivity index (χ2v) is 4.34. The second kappa shape index (κ2) is 5.51. The Morgan fingerprint density at radius 3 is 3.07 bits per heavy atom. The minimum absolute atomic E-state index is 0.200. The van der Waals surface area contributed by atoms with E-state index in [4.69, 9.17) is 10.5 Å². The third kappa shape index (κ3) is 3.10. The Morgan fingerprint density at radius 1 is 1.86 bits per heavy atom. The Labute approximate surface area is 92.8 Å². The van der Waals surface area contributed by atoms with Crippen LogP contribution in [0.15, 0.2) is 11.6 Å². The highest BCUT2D eigenvalue weighted by atomic mass is 79.9. The molecule has 2 N–H and O–H groups in total. The minimum Gasteiger partial charge on any atom is -0.465 e. The van der Waals surface area contributed by atoms with Gasteiger partial charge >= 0.3 is 5.97 Å². The highest BCUT2D eigenvalue weighted by molar-refractivity contribution is 9.10. The topological polar surface area (TPSA) is 52.3 Å². The smallest absolute Gasteiger partial charge is 0.323 e. The zero-order chi connectivity index (χ0) is 10.6. The van der Waals surface area contributed by atoms with E-state index in [1.807, 2.05) is 13.0 Å². The van der Waals surface area contributed by atoms with Gasteiger partial charge in [-0.1, -0.05) is 22.0 Å². The average molecular weight is 262 g/mol. The molecule has 2 atom stereocenters. The van der Waals surface area contributed by atoms with Gasteiger partial charge in [-0.2, -0.15) is 0 Å².